The van der Waals surface area contributed by atoms with E-state index in [1.54, 1.807) is 0 Å². The Hall–Kier alpha value is -1.49. The molecule has 0 saturated heterocycles. The van der Waals surface area contributed by atoms with Gasteiger partial charge in [0.2, 0.25) is 0 Å². The Labute approximate surface area is 126 Å². The van der Waals surface area contributed by atoms with Crippen molar-refractivity contribution in [3.8, 4) is 0 Å². The highest BCUT2D eigenvalue weighted by Gasteiger charge is 2.44. The molecular formula is C17H24N4. The molecule has 1 fully saturated rings. The van der Waals surface area contributed by atoms with Crippen LogP contribution in [0, 0.1) is 0 Å². The molecule has 0 aliphatic heterocycles. The number of benzene rings is 1. The number of hydrazine groups is 1. The van der Waals surface area contributed by atoms with Crippen LogP contribution in [0.1, 0.15) is 37.3 Å². The zero-order valence-electron chi connectivity index (χ0n) is 12.8. The number of nitrogens with zero attached hydrogens (tertiary/aromatic N) is 2. The lowest BCUT2D eigenvalue weighted by Crippen LogP contribution is -2.53. The lowest BCUT2D eigenvalue weighted by atomic mass is 9.81. The lowest BCUT2D eigenvalue weighted by molar-refractivity contribution is 0.105. The van der Waals surface area contributed by atoms with Gasteiger partial charge in [0.05, 0.1) is 11.6 Å². The molecule has 3 rings (SSSR count). The zero-order chi connectivity index (χ0) is 14.9. The van der Waals surface area contributed by atoms with Crippen molar-refractivity contribution in [3.63, 3.8) is 0 Å². The second kappa shape index (κ2) is 5.72. The molecule has 1 heterocycles. The average Bonchev–Trinajstić information content (AvgIpc) is 2.99. The van der Waals surface area contributed by atoms with Crippen molar-refractivity contribution in [1.82, 2.24) is 15.3 Å². The van der Waals surface area contributed by atoms with Crippen LogP contribution in [0.3, 0.4) is 0 Å². The van der Waals surface area contributed by atoms with E-state index in [1.807, 2.05) is 12.3 Å². The molecule has 1 aromatic heterocycles. The van der Waals surface area contributed by atoms with E-state index in [1.165, 1.54) is 36.6 Å². The van der Waals surface area contributed by atoms with Gasteiger partial charge in [0.15, 0.2) is 0 Å². The van der Waals surface area contributed by atoms with E-state index in [-0.39, 0.29) is 11.6 Å². The van der Waals surface area contributed by atoms with Gasteiger partial charge in [-0.2, -0.15) is 0 Å². The molecule has 1 saturated carbocycles. The summed E-state index contributed by atoms with van der Waals surface area (Å²) in [5.41, 5.74) is 5.47. The van der Waals surface area contributed by atoms with Gasteiger partial charge >= 0.3 is 0 Å². The van der Waals surface area contributed by atoms with Crippen molar-refractivity contribution in [2.45, 2.75) is 37.3 Å². The zero-order valence-corrected chi connectivity index (χ0v) is 12.8. The molecule has 21 heavy (non-hydrogen) atoms. The number of fused-ring (bicyclic) bond motifs is 1. The number of aromatic nitrogens is 1. The lowest BCUT2D eigenvalue weighted by Gasteiger charge is -2.43. The van der Waals surface area contributed by atoms with Gasteiger partial charge in [-0.05, 0) is 44.6 Å². The topological polar surface area (TPSA) is 54.2 Å². The quantitative estimate of drug-likeness (QED) is 0.669. The fourth-order valence-electron chi connectivity index (χ4n) is 3.89. The third-order valence-electron chi connectivity index (χ3n) is 5.05. The van der Waals surface area contributed by atoms with Crippen molar-refractivity contribution >= 4 is 10.9 Å². The number of nitrogens with two attached hydrogens (primary N) is 1. The van der Waals surface area contributed by atoms with E-state index in [4.69, 9.17) is 5.84 Å². The van der Waals surface area contributed by atoms with Crippen LogP contribution in [-0.2, 0) is 0 Å². The molecule has 4 nitrogen and oxygen atoms in total. The predicted octanol–water partition coefficient (Wildman–Crippen LogP) is 2.61. The van der Waals surface area contributed by atoms with Crippen molar-refractivity contribution in [2.75, 3.05) is 14.1 Å². The molecule has 1 unspecified atom stereocenters. The minimum atomic E-state index is 0.0822. The summed E-state index contributed by atoms with van der Waals surface area (Å²) < 4.78 is 0. The van der Waals surface area contributed by atoms with Crippen LogP contribution in [0.2, 0.25) is 0 Å². The van der Waals surface area contributed by atoms with Gasteiger partial charge < -0.3 is 4.90 Å². The first-order valence-corrected chi connectivity index (χ1v) is 7.66. The summed E-state index contributed by atoms with van der Waals surface area (Å²) in [7, 11) is 4.33. The average molecular weight is 284 g/mol. The van der Waals surface area contributed by atoms with Crippen molar-refractivity contribution < 1.29 is 0 Å². The molecule has 112 valence electrons. The predicted molar refractivity (Wildman–Crippen MR) is 86.7 cm³/mol. The Morgan fingerprint density at radius 1 is 1.19 bits per heavy atom. The van der Waals surface area contributed by atoms with Crippen molar-refractivity contribution in [2.24, 2.45) is 5.84 Å². The third-order valence-corrected chi connectivity index (χ3v) is 5.05. The molecule has 1 aliphatic carbocycles. The summed E-state index contributed by atoms with van der Waals surface area (Å²) in [6, 6.07) is 10.6. The fraction of sp³-hybridized carbons (Fsp3) is 0.471. The normalized spacial score (nSPS) is 19.2. The van der Waals surface area contributed by atoms with Gasteiger partial charge in [-0.25, -0.2) is 0 Å². The molecule has 0 spiro atoms. The molecule has 1 aromatic carbocycles. The number of rotatable bonds is 4. The van der Waals surface area contributed by atoms with Gasteiger partial charge in [0.1, 0.15) is 0 Å². The number of hydrogen-bond donors (Lipinski definition) is 2. The monoisotopic (exact) mass is 284 g/mol. The van der Waals surface area contributed by atoms with E-state index in [9.17, 15) is 0 Å². The fourth-order valence-corrected chi connectivity index (χ4v) is 3.89. The highest BCUT2D eigenvalue weighted by atomic mass is 15.3. The van der Waals surface area contributed by atoms with Crippen molar-refractivity contribution in [3.05, 3.63) is 42.1 Å². The van der Waals surface area contributed by atoms with Crippen LogP contribution in [0.5, 0.6) is 0 Å². The van der Waals surface area contributed by atoms with Crippen LogP contribution in [0.4, 0.5) is 0 Å². The summed E-state index contributed by atoms with van der Waals surface area (Å²) in [4.78, 5) is 6.82. The van der Waals surface area contributed by atoms with Crippen LogP contribution in [0.15, 0.2) is 36.5 Å². The van der Waals surface area contributed by atoms with Gasteiger partial charge in [-0.3, -0.25) is 16.3 Å². The second-order valence-electron chi connectivity index (χ2n) is 6.22. The molecule has 2 aromatic rings. The molecular weight excluding hydrogens is 260 g/mol. The van der Waals surface area contributed by atoms with E-state index >= 15 is 0 Å². The standard InChI is InChI=1S/C17H24N4/c1-21(2)17(10-3-4-11-17)16(20-18)14-7-5-9-15-13(14)8-6-12-19-15/h5-9,12,16,20H,3-4,10-11,18H2,1-2H3. The summed E-state index contributed by atoms with van der Waals surface area (Å²) in [6.07, 6.45) is 6.71. The van der Waals surface area contributed by atoms with E-state index in [0.717, 1.165) is 5.52 Å². The largest absolute Gasteiger partial charge is 0.302 e. The summed E-state index contributed by atoms with van der Waals surface area (Å²) in [6.45, 7) is 0. The maximum absolute atomic E-state index is 6.00. The first-order chi connectivity index (χ1) is 10.2. The Morgan fingerprint density at radius 3 is 2.62 bits per heavy atom. The Bertz CT molecular complexity index is 612. The molecule has 1 aliphatic rings. The van der Waals surface area contributed by atoms with Gasteiger partial charge in [0, 0.05) is 17.1 Å². The minimum Gasteiger partial charge on any atom is -0.302 e. The highest BCUT2D eigenvalue weighted by molar-refractivity contribution is 5.82. The maximum Gasteiger partial charge on any atom is 0.0705 e. The SMILES string of the molecule is CN(C)C1(C(NN)c2cccc3ncccc23)CCCC1. The molecule has 3 N–H and O–H groups in total. The first-order valence-electron chi connectivity index (χ1n) is 7.66. The van der Waals surface area contributed by atoms with Crippen molar-refractivity contribution in [1.29, 1.82) is 0 Å². The van der Waals surface area contributed by atoms with E-state index in [0.29, 0.717) is 0 Å². The smallest absolute Gasteiger partial charge is 0.0705 e. The Kier molecular flexibility index (Phi) is 3.93. The van der Waals surface area contributed by atoms with E-state index in [2.05, 4.69) is 53.7 Å². The molecule has 0 amide bonds. The minimum absolute atomic E-state index is 0.0822. The Balaban J connectivity index is 2.14. The third kappa shape index (κ3) is 2.33. The second-order valence-corrected chi connectivity index (χ2v) is 6.22. The van der Waals surface area contributed by atoms with E-state index < -0.39 is 0 Å². The van der Waals surface area contributed by atoms with Crippen LogP contribution in [-0.4, -0.2) is 29.5 Å². The van der Waals surface area contributed by atoms with Crippen LogP contribution in [0.25, 0.3) is 10.9 Å². The summed E-state index contributed by atoms with van der Waals surface area (Å²) in [5, 5.41) is 1.19. The Morgan fingerprint density at radius 2 is 1.95 bits per heavy atom. The number of pyridine rings is 1. The van der Waals surface area contributed by atoms with Gasteiger partial charge in [0.25, 0.3) is 0 Å². The molecule has 4 heteroatoms. The number of nitrogens with one attached hydrogen (secondary N) is 1. The first kappa shape index (κ1) is 14.4. The highest BCUT2D eigenvalue weighted by Crippen LogP contribution is 2.44. The summed E-state index contributed by atoms with van der Waals surface area (Å²) >= 11 is 0. The van der Waals surface area contributed by atoms with Crippen LogP contribution < -0.4 is 11.3 Å². The van der Waals surface area contributed by atoms with Crippen LogP contribution >= 0.6 is 0 Å². The molecule has 1 atom stereocenters. The molecule has 0 radical (unpaired) electrons. The number of hydrogen-bond acceptors (Lipinski definition) is 4. The molecule has 0 bridgehead atoms. The summed E-state index contributed by atoms with van der Waals surface area (Å²) in [5.74, 6) is 6.00. The maximum atomic E-state index is 6.00. The number of likely N-dealkylation sites (N-methyl/N-ethyl adjacent to an activating group) is 1. The van der Waals surface area contributed by atoms with Gasteiger partial charge in [-0.15, -0.1) is 0 Å². The van der Waals surface area contributed by atoms with Gasteiger partial charge in [-0.1, -0.05) is 31.0 Å².